The van der Waals surface area contributed by atoms with Crippen molar-refractivity contribution < 1.29 is 9.47 Å². The molecule has 132 valence electrons. The largest absolute Gasteiger partial charge is 0.494 e. The molecule has 0 atom stereocenters. The van der Waals surface area contributed by atoms with Gasteiger partial charge in [0.15, 0.2) is 0 Å². The van der Waals surface area contributed by atoms with Crippen molar-refractivity contribution in [3.63, 3.8) is 0 Å². The Bertz CT molecular complexity index is 597. The van der Waals surface area contributed by atoms with Crippen LogP contribution in [0.2, 0.25) is 0 Å². The van der Waals surface area contributed by atoms with Crippen molar-refractivity contribution in [1.29, 1.82) is 0 Å². The first-order valence-electron chi connectivity index (χ1n) is 9.19. The molecule has 0 radical (unpaired) electrons. The van der Waals surface area contributed by atoms with Crippen LogP contribution in [0.5, 0.6) is 11.5 Å². The van der Waals surface area contributed by atoms with E-state index in [0.717, 1.165) is 30.9 Å². The maximum atomic E-state index is 5.88. The van der Waals surface area contributed by atoms with E-state index >= 15 is 0 Å². The number of hydrogen-bond acceptors (Lipinski definition) is 2. The maximum Gasteiger partial charge on any atom is 0.119 e. The van der Waals surface area contributed by atoms with Crippen LogP contribution in [-0.4, -0.2) is 19.1 Å². The molecule has 0 aromatic heterocycles. The highest BCUT2D eigenvalue weighted by Gasteiger charge is 2.01. The topological polar surface area (TPSA) is 18.5 Å². The van der Waals surface area contributed by atoms with Gasteiger partial charge in [-0.05, 0) is 47.9 Å². The van der Waals surface area contributed by atoms with Crippen LogP contribution in [0.3, 0.4) is 0 Å². The third kappa shape index (κ3) is 6.60. The van der Waals surface area contributed by atoms with Crippen molar-refractivity contribution in [2.45, 2.75) is 51.9 Å². The van der Waals surface area contributed by atoms with Crippen LogP contribution in [0, 0.1) is 0 Å². The molecular weight excluding hydrogens is 320 g/mol. The Labute approximate surface area is 151 Å². The second-order valence-electron chi connectivity index (χ2n) is 6.18. The number of fused-ring (bicyclic) bond motifs is 1. The Morgan fingerprint density at radius 1 is 0.708 bits per heavy atom. The zero-order chi connectivity index (χ0) is 17.0. The van der Waals surface area contributed by atoms with Crippen LogP contribution in [0.25, 0.3) is 10.8 Å². The fraction of sp³-hybridized carbons (Fsp3) is 0.524. The van der Waals surface area contributed by atoms with Gasteiger partial charge in [-0.15, -0.1) is 11.6 Å². The molecule has 0 heterocycles. The van der Waals surface area contributed by atoms with Crippen LogP contribution < -0.4 is 9.47 Å². The Kier molecular flexibility index (Phi) is 8.83. The predicted octanol–water partition coefficient (Wildman–Crippen LogP) is 6.59. The second-order valence-corrected chi connectivity index (χ2v) is 6.56. The Hall–Kier alpha value is -1.41. The first kappa shape index (κ1) is 18.9. The number of halogens is 1. The minimum Gasteiger partial charge on any atom is -0.494 e. The molecule has 0 unspecified atom stereocenters. The molecule has 0 bridgehead atoms. The molecule has 24 heavy (non-hydrogen) atoms. The molecule has 2 aromatic carbocycles. The highest BCUT2D eigenvalue weighted by Crippen LogP contribution is 2.25. The monoisotopic (exact) mass is 348 g/mol. The van der Waals surface area contributed by atoms with E-state index in [9.17, 15) is 0 Å². The molecule has 2 rings (SSSR count). The van der Waals surface area contributed by atoms with Crippen LogP contribution >= 0.6 is 11.6 Å². The molecule has 0 aliphatic rings. The summed E-state index contributed by atoms with van der Waals surface area (Å²) in [5.74, 6) is 2.48. The number of unbranched alkanes of at least 4 members (excludes halogenated alkanes) is 5. The van der Waals surface area contributed by atoms with Crippen LogP contribution in [0.1, 0.15) is 51.9 Å². The highest BCUT2D eigenvalue weighted by molar-refractivity contribution is 6.17. The van der Waals surface area contributed by atoms with E-state index in [1.54, 1.807) is 0 Å². The zero-order valence-corrected chi connectivity index (χ0v) is 15.5. The third-order valence-corrected chi connectivity index (χ3v) is 4.36. The summed E-state index contributed by atoms with van der Waals surface area (Å²) in [4.78, 5) is 0. The van der Waals surface area contributed by atoms with E-state index in [0.29, 0.717) is 12.5 Å². The summed E-state index contributed by atoms with van der Waals surface area (Å²) < 4.78 is 11.6. The lowest BCUT2D eigenvalue weighted by molar-refractivity contribution is 0.304. The van der Waals surface area contributed by atoms with E-state index < -0.39 is 0 Å². The summed E-state index contributed by atoms with van der Waals surface area (Å²) in [5.41, 5.74) is 0. The molecule has 0 saturated heterocycles. The number of alkyl halides is 1. The van der Waals surface area contributed by atoms with Crippen molar-refractivity contribution in [2.75, 3.05) is 19.1 Å². The molecule has 0 N–H and O–H groups in total. The molecule has 0 amide bonds. The molecular formula is C21H29ClO2. The molecule has 0 saturated carbocycles. The smallest absolute Gasteiger partial charge is 0.119 e. The number of hydrogen-bond donors (Lipinski definition) is 0. The molecule has 0 fully saturated rings. The van der Waals surface area contributed by atoms with E-state index in [1.807, 2.05) is 12.1 Å². The van der Waals surface area contributed by atoms with Crippen molar-refractivity contribution in [2.24, 2.45) is 0 Å². The van der Waals surface area contributed by atoms with Crippen LogP contribution in [0.4, 0.5) is 0 Å². The summed E-state index contributed by atoms with van der Waals surface area (Å²) in [6, 6.07) is 12.4. The number of ether oxygens (including phenoxy) is 2. The Balaban J connectivity index is 1.79. The fourth-order valence-electron chi connectivity index (χ4n) is 2.70. The molecule has 0 spiro atoms. The first-order chi connectivity index (χ1) is 11.8. The Morgan fingerprint density at radius 3 is 1.83 bits per heavy atom. The van der Waals surface area contributed by atoms with Gasteiger partial charge >= 0.3 is 0 Å². The summed E-state index contributed by atoms with van der Waals surface area (Å²) in [5, 5.41) is 2.35. The summed E-state index contributed by atoms with van der Waals surface area (Å²) >= 11 is 5.67. The van der Waals surface area contributed by atoms with Gasteiger partial charge in [0.05, 0.1) is 13.2 Å². The minimum atomic E-state index is 0.632. The van der Waals surface area contributed by atoms with E-state index in [4.69, 9.17) is 21.1 Å². The summed E-state index contributed by atoms with van der Waals surface area (Å²) in [6.07, 6.45) is 8.58. The normalized spacial score (nSPS) is 10.9. The first-order valence-corrected chi connectivity index (χ1v) is 9.72. The van der Waals surface area contributed by atoms with Gasteiger partial charge in [-0.1, -0.05) is 51.2 Å². The van der Waals surface area contributed by atoms with E-state index in [1.165, 1.54) is 42.9 Å². The summed E-state index contributed by atoms with van der Waals surface area (Å²) in [6.45, 7) is 3.71. The molecule has 3 heteroatoms. The predicted molar refractivity (Wildman–Crippen MR) is 104 cm³/mol. The second kappa shape index (κ2) is 11.2. The summed E-state index contributed by atoms with van der Waals surface area (Å²) in [7, 11) is 0. The lowest BCUT2D eigenvalue weighted by Crippen LogP contribution is -1.98. The zero-order valence-electron chi connectivity index (χ0n) is 14.7. The average molecular weight is 349 g/mol. The molecule has 2 nitrogen and oxygen atoms in total. The van der Waals surface area contributed by atoms with Crippen LogP contribution in [-0.2, 0) is 0 Å². The van der Waals surface area contributed by atoms with Gasteiger partial charge in [0.2, 0.25) is 0 Å². The molecule has 0 aliphatic heterocycles. The van der Waals surface area contributed by atoms with Crippen molar-refractivity contribution in [1.82, 2.24) is 0 Å². The highest BCUT2D eigenvalue weighted by atomic mass is 35.5. The Morgan fingerprint density at radius 2 is 1.25 bits per heavy atom. The lowest BCUT2D eigenvalue weighted by atomic mass is 10.1. The van der Waals surface area contributed by atoms with Gasteiger partial charge in [0, 0.05) is 5.88 Å². The van der Waals surface area contributed by atoms with Gasteiger partial charge in [0.1, 0.15) is 11.5 Å². The average Bonchev–Trinajstić information content (AvgIpc) is 2.61. The van der Waals surface area contributed by atoms with Gasteiger partial charge in [-0.25, -0.2) is 0 Å². The van der Waals surface area contributed by atoms with Crippen LogP contribution in [0.15, 0.2) is 36.4 Å². The number of benzene rings is 2. The van der Waals surface area contributed by atoms with Crippen molar-refractivity contribution in [3.8, 4) is 11.5 Å². The van der Waals surface area contributed by atoms with Crippen molar-refractivity contribution in [3.05, 3.63) is 36.4 Å². The standard InChI is InChI=1S/C21H29ClO2/c1-2-3-4-5-6-7-14-23-20-11-9-19-17-21(24-15-8-13-22)12-10-18(19)16-20/h9-12,16-17H,2-8,13-15H2,1H3. The molecule has 2 aromatic rings. The fourth-order valence-corrected chi connectivity index (χ4v) is 2.81. The van der Waals surface area contributed by atoms with E-state index in [-0.39, 0.29) is 0 Å². The maximum absolute atomic E-state index is 5.88. The SMILES string of the molecule is CCCCCCCCOc1ccc2cc(OCCCCl)ccc2c1. The third-order valence-electron chi connectivity index (χ3n) is 4.10. The van der Waals surface area contributed by atoms with Gasteiger partial charge < -0.3 is 9.47 Å². The number of rotatable bonds is 12. The minimum absolute atomic E-state index is 0.632. The molecule has 0 aliphatic carbocycles. The van der Waals surface area contributed by atoms with E-state index in [2.05, 4.69) is 31.2 Å². The van der Waals surface area contributed by atoms with Gasteiger partial charge in [-0.3, -0.25) is 0 Å². The lowest BCUT2D eigenvalue weighted by Gasteiger charge is -2.09. The van der Waals surface area contributed by atoms with Gasteiger partial charge in [-0.2, -0.15) is 0 Å². The quantitative estimate of drug-likeness (QED) is 0.318. The van der Waals surface area contributed by atoms with Crippen molar-refractivity contribution >= 4 is 22.4 Å². The van der Waals surface area contributed by atoms with Gasteiger partial charge in [0.25, 0.3) is 0 Å².